The summed E-state index contributed by atoms with van der Waals surface area (Å²) in [5, 5.41) is 0. The van der Waals surface area contributed by atoms with Crippen molar-refractivity contribution in [3.8, 4) is 0 Å². The van der Waals surface area contributed by atoms with E-state index in [2.05, 4.69) is 4.98 Å². The largest absolute Gasteiger partial charge is 0.466 e. The van der Waals surface area contributed by atoms with Gasteiger partial charge in [-0.1, -0.05) is 0 Å². The highest BCUT2D eigenvalue weighted by Gasteiger charge is 2.43. The van der Waals surface area contributed by atoms with Crippen molar-refractivity contribution in [1.82, 2.24) is 14.5 Å². The molecular weight excluding hydrogens is 298 g/mol. The highest BCUT2D eigenvalue weighted by atomic mass is 16.6. The minimum Gasteiger partial charge on any atom is -0.466 e. The number of likely N-dealkylation sites (tertiary alicyclic amines) is 1. The van der Waals surface area contributed by atoms with Crippen LogP contribution in [0, 0.1) is 5.92 Å². The maximum atomic E-state index is 12.3. The maximum Gasteiger partial charge on any atom is 0.410 e. The number of amides is 1. The Morgan fingerprint density at radius 2 is 2.04 bits per heavy atom. The molecule has 7 nitrogen and oxygen atoms in total. The van der Waals surface area contributed by atoms with E-state index in [9.17, 15) is 9.59 Å². The topological polar surface area (TPSA) is 73.7 Å². The molecule has 1 aliphatic rings. The summed E-state index contributed by atoms with van der Waals surface area (Å²) in [5.74, 6) is -0.894. The molecule has 2 rings (SSSR count). The molecule has 1 aliphatic heterocycles. The van der Waals surface area contributed by atoms with Crippen LogP contribution in [0.2, 0.25) is 0 Å². The molecule has 0 saturated carbocycles. The molecule has 0 radical (unpaired) electrons. The van der Waals surface area contributed by atoms with Crippen LogP contribution in [0.1, 0.15) is 39.3 Å². The van der Waals surface area contributed by atoms with Crippen molar-refractivity contribution in [2.75, 3.05) is 19.7 Å². The molecule has 7 heteroatoms. The van der Waals surface area contributed by atoms with Gasteiger partial charge in [0, 0.05) is 32.3 Å². The molecule has 0 unspecified atom stereocenters. The molecular formula is C16H25N3O4. The molecule has 0 N–H and O–H groups in total. The lowest BCUT2D eigenvalue weighted by Gasteiger charge is -2.24. The van der Waals surface area contributed by atoms with E-state index in [0.29, 0.717) is 13.2 Å². The van der Waals surface area contributed by atoms with Gasteiger partial charge in [0.2, 0.25) is 0 Å². The predicted octanol–water partition coefficient (Wildman–Crippen LogP) is 1.93. The van der Waals surface area contributed by atoms with Crippen molar-refractivity contribution in [3.63, 3.8) is 0 Å². The fourth-order valence-electron chi connectivity index (χ4n) is 2.69. The Balaban J connectivity index is 2.18. The van der Waals surface area contributed by atoms with Gasteiger partial charge >= 0.3 is 12.1 Å². The minimum atomic E-state index is -0.570. The second-order valence-electron chi connectivity index (χ2n) is 6.81. The number of imidazole rings is 1. The fraction of sp³-hybridized carbons (Fsp3) is 0.688. The molecule has 1 amide bonds. The van der Waals surface area contributed by atoms with Gasteiger partial charge in [-0.15, -0.1) is 0 Å². The molecule has 0 aromatic carbocycles. The van der Waals surface area contributed by atoms with E-state index in [-0.39, 0.29) is 18.4 Å². The van der Waals surface area contributed by atoms with Crippen molar-refractivity contribution < 1.29 is 19.1 Å². The highest BCUT2D eigenvalue weighted by Crippen LogP contribution is 2.33. The van der Waals surface area contributed by atoms with Crippen LogP contribution in [-0.4, -0.2) is 51.8 Å². The lowest BCUT2D eigenvalue weighted by atomic mass is 9.93. The van der Waals surface area contributed by atoms with Gasteiger partial charge in [0.05, 0.1) is 24.5 Å². The first-order chi connectivity index (χ1) is 10.7. The standard InChI is InChI=1S/C16H25N3O4/c1-6-22-14(20)12-8-19(15(21)23-16(2,3)4)7-11(12)13-9-18(5)10-17-13/h9-12H,6-8H2,1-5H3/t11-,12-/m0/s1. The molecule has 23 heavy (non-hydrogen) atoms. The van der Waals surface area contributed by atoms with Crippen molar-refractivity contribution >= 4 is 12.1 Å². The van der Waals surface area contributed by atoms with E-state index in [1.807, 2.05) is 38.6 Å². The van der Waals surface area contributed by atoms with E-state index < -0.39 is 17.6 Å². The van der Waals surface area contributed by atoms with Crippen molar-refractivity contribution in [3.05, 3.63) is 18.2 Å². The summed E-state index contributed by atoms with van der Waals surface area (Å²) in [6, 6.07) is 0. The van der Waals surface area contributed by atoms with Gasteiger partial charge in [0.15, 0.2) is 0 Å². The molecule has 1 fully saturated rings. The first-order valence-corrected chi connectivity index (χ1v) is 7.83. The number of esters is 1. The normalized spacial score (nSPS) is 21.3. The number of carbonyl (C=O) groups excluding carboxylic acids is 2. The highest BCUT2D eigenvalue weighted by molar-refractivity contribution is 5.77. The van der Waals surface area contributed by atoms with E-state index in [4.69, 9.17) is 9.47 Å². The quantitative estimate of drug-likeness (QED) is 0.795. The zero-order valence-corrected chi connectivity index (χ0v) is 14.4. The van der Waals surface area contributed by atoms with Gasteiger partial charge in [-0.3, -0.25) is 4.79 Å². The van der Waals surface area contributed by atoms with Crippen LogP contribution in [0.3, 0.4) is 0 Å². The molecule has 1 aromatic heterocycles. The number of hydrogen-bond acceptors (Lipinski definition) is 5. The number of hydrogen-bond donors (Lipinski definition) is 0. The summed E-state index contributed by atoms with van der Waals surface area (Å²) < 4.78 is 12.4. The Morgan fingerprint density at radius 3 is 2.57 bits per heavy atom. The molecule has 0 bridgehead atoms. The van der Waals surface area contributed by atoms with Gasteiger partial charge < -0.3 is 18.9 Å². The molecule has 128 valence electrons. The minimum absolute atomic E-state index is 0.178. The summed E-state index contributed by atoms with van der Waals surface area (Å²) >= 11 is 0. The Kier molecular flexibility index (Phi) is 4.97. The second-order valence-corrected chi connectivity index (χ2v) is 6.81. The average molecular weight is 323 g/mol. The van der Waals surface area contributed by atoms with Crippen LogP contribution in [0.25, 0.3) is 0 Å². The third-order valence-corrected chi connectivity index (χ3v) is 3.67. The Labute approximate surface area is 136 Å². The third-order valence-electron chi connectivity index (χ3n) is 3.67. The predicted molar refractivity (Wildman–Crippen MR) is 83.9 cm³/mol. The second kappa shape index (κ2) is 6.60. The monoisotopic (exact) mass is 323 g/mol. The Morgan fingerprint density at radius 1 is 1.35 bits per heavy atom. The molecule has 2 heterocycles. The third kappa shape index (κ3) is 4.24. The van der Waals surface area contributed by atoms with Gasteiger partial charge in [-0.2, -0.15) is 0 Å². The lowest BCUT2D eigenvalue weighted by molar-refractivity contribution is -0.147. The molecule has 1 aromatic rings. The van der Waals surface area contributed by atoms with Crippen LogP contribution < -0.4 is 0 Å². The summed E-state index contributed by atoms with van der Waals surface area (Å²) in [4.78, 5) is 30.4. The summed E-state index contributed by atoms with van der Waals surface area (Å²) in [6.07, 6.45) is 3.15. The summed E-state index contributed by atoms with van der Waals surface area (Å²) in [5.41, 5.74) is 0.219. The maximum absolute atomic E-state index is 12.3. The molecule has 2 atom stereocenters. The number of carbonyl (C=O) groups is 2. The number of nitrogens with zero attached hydrogens (tertiary/aromatic N) is 3. The Bertz CT molecular complexity index is 576. The van der Waals surface area contributed by atoms with Crippen LogP contribution in [0.15, 0.2) is 12.5 Å². The smallest absolute Gasteiger partial charge is 0.410 e. The summed E-state index contributed by atoms with van der Waals surface area (Å²) in [6.45, 7) is 8.23. The molecule has 1 saturated heterocycles. The van der Waals surface area contributed by atoms with E-state index in [1.54, 1.807) is 18.2 Å². The Hall–Kier alpha value is -2.05. The van der Waals surface area contributed by atoms with Gasteiger partial charge in [0.25, 0.3) is 0 Å². The number of ether oxygens (including phenoxy) is 2. The SMILES string of the molecule is CCOC(=O)[C@H]1CN(C(=O)OC(C)(C)C)C[C@@H]1c1cn(C)cn1. The van der Waals surface area contributed by atoms with Crippen LogP contribution >= 0.6 is 0 Å². The molecule has 0 spiro atoms. The average Bonchev–Trinajstić information content (AvgIpc) is 3.02. The van der Waals surface area contributed by atoms with Crippen molar-refractivity contribution in [1.29, 1.82) is 0 Å². The van der Waals surface area contributed by atoms with E-state index in [1.165, 1.54) is 0 Å². The summed E-state index contributed by atoms with van der Waals surface area (Å²) in [7, 11) is 1.87. The van der Waals surface area contributed by atoms with Crippen LogP contribution in [0.4, 0.5) is 4.79 Å². The fourth-order valence-corrected chi connectivity index (χ4v) is 2.69. The van der Waals surface area contributed by atoms with Gasteiger partial charge in [-0.25, -0.2) is 9.78 Å². The van der Waals surface area contributed by atoms with E-state index in [0.717, 1.165) is 5.69 Å². The van der Waals surface area contributed by atoms with E-state index >= 15 is 0 Å². The zero-order valence-electron chi connectivity index (χ0n) is 14.4. The van der Waals surface area contributed by atoms with Gasteiger partial charge in [-0.05, 0) is 27.7 Å². The molecule has 0 aliphatic carbocycles. The van der Waals surface area contributed by atoms with Crippen molar-refractivity contribution in [2.24, 2.45) is 13.0 Å². The van der Waals surface area contributed by atoms with Crippen molar-refractivity contribution in [2.45, 2.75) is 39.2 Å². The van der Waals surface area contributed by atoms with Gasteiger partial charge in [0.1, 0.15) is 5.60 Å². The van der Waals surface area contributed by atoms with Crippen LogP contribution in [0.5, 0.6) is 0 Å². The zero-order chi connectivity index (χ0) is 17.2. The number of rotatable bonds is 3. The number of aromatic nitrogens is 2. The lowest BCUT2D eigenvalue weighted by Crippen LogP contribution is -2.36. The first kappa shape index (κ1) is 17.3. The number of aryl methyl sites for hydroxylation is 1. The van der Waals surface area contributed by atoms with Crippen LogP contribution in [-0.2, 0) is 21.3 Å². The first-order valence-electron chi connectivity index (χ1n) is 7.83.